The first-order valence-corrected chi connectivity index (χ1v) is 11.1. The van der Waals surface area contributed by atoms with Crippen LogP contribution in [0.25, 0.3) is 10.8 Å². The molecule has 5 nitrogen and oxygen atoms in total. The van der Waals surface area contributed by atoms with Gasteiger partial charge in [-0.3, -0.25) is 9.59 Å². The highest BCUT2D eigenvalue weighted by Crippen LogP contribution is 2.54. The van der Waals surface area contributed by atoms with E-state index in [9.17, 15) is 9.59 Å². The van der Waals surface area contributed by atoms with E-state index in [1.807, 2.05) is 54.6 Å². The third kappa shape index (κ3) is 3.16. The Morgan fingerprint density at radius 2 is 1.67 bits per heavy atom. The van der Waals surface area contributed by atoms with Crippen LogP contribution in [0.3, 0.4) is 0 Å². The van der Waals surface area contributed by atoms with Crippen molar-refractivity contribution < 1.29 is 14.3 Å². The van der Waals surface area contributed by atoms with Gasteiger partial charge in [-0.2, -0.15) is 0 Å². The van der Waals surface area contributed by atoms with Gasteiger partial charge in [0.05, 0.1) is 12.0 Å². The molecule has 2 heterocycles. The molecule has 5 heteroatoms. The van der Waals surface area contributed by atoms with E-state index >= 15 is 0 Å². The average molecular weight is 434 g/mol. The first-order chi connectivity index (χ1) is 16.1. The molecule has 6 rings (SSSR count). The van der Waals surface area contributed by atoms with Crippen molar-refractivity contribution in [1.82, 2.24) is 0 Å². The lowest BCUT2D eigenvalue weighted by Gasteiger charge is -2.43. The summed E-state index contributed by atoms with van der Waals surface area (Å²) in [5.41, 5.74) is 4.88. The molecule has 0 saturated carbocycles. The molecule has 1 amide bonds. The Balaban J connectivity index is 1.55. The van der Waals surface area contributed by atoms with Crippen molar-refractivity contribution in [2.75, 3.05) is 10.6 Å². The molecule has 4 aromatic carbocycles. The lowest BCUT2D eigenvalue weighted by Crippen LogP contribution is -2.42. The first kappa shape index (κ1) is 19.6. The van der Waals surface area contributed by atoms with Crippen molar-refractivity contribution in [3.8, 4) is 5.75 Å². The standard InChI is InChI=1S/C28H22N2O3/c1-16(31)29-19-13-10-18(11-14-19)27-26-25(21-8-4-5-9-23(21)33-28(26)32)24-20-7-3-2-6-17(20)12-15-22(24)30-27/h2-15,25-27,30H,1H3,(H,29,31). The highest BCUT2D eigenvalue weighted by molar-refractivity contribution is 5.95. The summed E-state index contributed by atoms with van der Waals surface area (Å²) in [4.78, 5) is 24.8. The molecule has 2 N–H and O–H groups in total. The summed E-state index contributed by atoms with van der Waals surface area (Å²) in [5.74, 6) is -0.286. The van der Waals surface area contributed by atoms with Crippen LogP contribution in [-0.2, 0) is 9.59 Å². The van der Waals surface area contributed by atoms with Crippen LogP contribution in [0.4, 0.5) is 11.4 Å². The quantitative estimate of drug-likeness (QED) is 0.317. The second-order valence-electron chi connectivity index (χ2n) is 8.64. The SMILES string of the molecule is CC(=O)Nc1ccc(C2Nc3ccc4ccccc4c3C3c4ccccc4OC(=O)C23)cc1. The molecule has 33 heavy (non-hydrogen) atoms. The summed E-state index contributed by atoms with van der Waals surface area (Å²) in [6, 6.07) is 27.7. The molecule has 3 atom stereocenters. The van der Waals surface area contributed by atoms with Gasteiger partial charge in [0, 0.05) is 29.8 Å². The number of hydrogen-bond acceptors (Lipinski definition) is 4. The predicted molar refractivity (Wildman–Crippen MR) is 128 cm³/mol. The molecule has 2 aliphatic heterocycles. The molecule has 0 saturated heterocycles. The van der Waals surface area contributed by atoms with Gasteiger partial charge in [-0.05, 0) is 46.2 Å². The van der Waals surface area contributed by atoms with Crippen LogP contribution in [0, 0.1) is 5.92 Å². The van der Waals surface area contributed by atoms with Gasteiger partial charge in [0.2, 0.25) is 5.91 Å². The normalized spacial score (nSPS) is 20.6. The Morgan fingerprint density at radius 3 is 2.48 bits per heavy atom. The van der Waals surface area contributed by atoms with E-state index in [0.717, 1.165) is 38.8 Å². The van der Waals surface area contributed by atoms with E-state index in [1.54, 1.807) is 0 Å². The van der Waals surface area contributed by atoms with Crippen LogP contribution in [0.1, 0.15) is 35.6 Å². The molecular weight excluding hydrogens is 412 g/mol. The number of benzene rings is 4. The highest BCUT2D eigenvalue weighted by Gasteiger charge is 2.48. The lowest BCUT2D eigenvalue weighted by molar-refractivity contribution is -0.141. The number of rotatable bonds is 2. The number of para-hydroxylation sites is 1. The van der Waals surface area contributed by atoms with Crippen LogP contribution in [0.2, 0.25) is 0 Å². The summed E-state index contributed by atoms with van der Waals surface area (Å²) in [6.45, 7) is 1.48. The maximum absolute atomic E-state index is 13.4. The maximum atomic E-state index is 13.4. The Bertz CT molecular complexity index is 1410. The Morgan fingerprint density at radius 1 is 0.909 bits per heavy atom. The van der Waals surface area contributed by atoms with E-state index in [1.165, 1.54) is 6.92 Å². The minimum atomic E-state index is -0.426. The van der Waals surface area contributed by atoms with Gasteiger partial charge in [0.1, 0.15) is 5.75 Å². The van der Waals surface area contributed by atoms with Gasteiger partial charge in [-0.1, -0.05) is 60.7 Å². The zero-order chi connectivity index (χ0) is 22.5. The van der Waals surface area contributed by atoms with E-state index in [4.69, 9.17) is 4.74 Å². The third-order valence-corrected chi connectivity index (χ3v) is 6.64. The molecule has 0 spiro atoms. The smallest absolute Gasteiger partial charge is 0.317 e. The van der Waals surface area contributed by atoms with Crippen molar-refractivity contribution in [3.63, 3.8) is 0 Å². The van der Waals surface area contributed by atoms with Gasteiger partial charge >= 0.3 is 5.97 Å². The first-order valence-electron chi connectivity index (χ1n) is 11.1. The number of ether oxygens (including phenoxy) is 1. The molecule has 0 aliphatic carbocycles. The number of nitrogens with one attached hydrogen (secondary N) is 2. The minimum Gasteiger partial charge on any atom is -0.426 e. The van der Waals surface area contributed by atoms with Crippen LogP contribution in [-0.4, -0.2) is 11.9 Å². The van der Waals surface area contributed by atoms with Gasteiger partial charge in [-0.15, -0.1) is 0 Å². The fourth-order valence-electron chi connectivity index (χ4n) is 5.28. The second-order valence-corrected chi connectivity index (χ2v) is 8.64. The fraction of sp³-hybridized carbons (Fsp3) is 0.143. The van der Waals surface area contributed by atoms with E-state index in [-0.39, 0.29) is 23.8 Å². The zero-order valence-corrected chi connectivity index (χ0v) is 18.0. The summed E-state index contributed by atoms with van der Waals surface area (Å²) in [5, 5.41) is 8.72. The number of carbonyl (C=O) groups excluding carboxylic acids is 2. The summed E-state index contributed by atoms with van der Waals surface area (Å²) >= 11 is 0. The molecule has 3 unspecified atom stereocenters. The molecular formula is C28H22N2O3. The Hall–Kier alpha value is -4.12. The molecule has 0 bridgehead atoms. The molecule has 4 aromatic rings. The van der Waals surface area contributed by atoms with E-state index in [2.05, 4.69) is 41.0 Å². The molecule has 0 fully saturated rings. The Labute approximate surface area is 191 Å². The van der Waals surface area contributed by atoms with Crippen molar-refractivity contribution in [2.24, 2.45) is 5.92 Å². The molecule has 2 aliphatic rings. The molecule has 0 aromatic heterocycles. The number of esters is 1. The lowest BCUT2D eigenvalue weighted by atomic mass is 9.69. The zero-order valence-electron chi connectivity index (χ0n) is 18.0. The van der Waals surface area contributed by atoms with E-state index < -0.39 is 5.92 Å². The minimum absolute atomic E-state index is 0.119. The third-order valence-electron chi connectivity index (χ3n) is 6.64. The van der Waals surface area contributed by atoms with E-state index in [0.29, 0.717) is 5.75 Å². The molecule has 162 valence electrons. The van der Waals surface area contributed by atoms with Crippen molar-refractivity contribution in [2.45, 2.75) is 18.9 Å². The number of amides is 1. The highest BCUT2D eigenvalue weighted by atomic mass is 16.5. The van der Waals surface area contributed by atoms with Gasteiger partial charge < -0.3 is 15.4 Å². The predicted octanol–water partition coefficient (Wildman–Crippen LogP) is 5.63. The number of fused-ring (bicyclic) bond motifs is 7. The van der Waals surface area contributed by atoms with Crippen molar-refractivity contribution in [1.29, 1.82) is 0 Å². The second kappa shape index (κ2) is 7.48. The molecule has 0 radical (unpaired) electrons. The largest absolute Gasteiger partial charge is 0.426 e. The number of anilines is 2. The van der Waals surface area contributed by atoms with Gasteiger partial charge in [-0.25, -0.2) is 0 Å². The average Bonchev–Trinajstić information content (AvgIpc) is 2.83. The monoisotopic (exact) mass is 434 g/mol. The van der Waals surface area contributed by atoms with Crippen LogP contribution in [0.15, 0.2) is 84.9 Å². The number of hydrogen-bond donors (Lipinski definition) is 2. The Kier molecular flexibility index (Phi) is 4.44. The van der Waals surface area contributed by atoms with Crippen LogP contribution in [0.5, 0.6) is 5.75 Å². The van der Waals surface area contributed by atoms with Crippen LogP contribution >= 0.6 is 0 Å². The van der Waals surface area contributed by atoms with Gasteiger partial charge in [0.15, 0.2) is 0 Å². The van der Waals surface area contributed by atoms with Crippen LogP contribution < -0.4 is 15.4 Å². The van der Waals surface area contributed by atoms with Crippen molar-refractivity contribution >= 4 is 34.0 Å². The van der Waals surface area contributed by atoms with Crippen molar-refractivity contribution in [3.05, 3.63) is 102 Å². The summed E-state index contributed by atoms with van der Waals surface area (Å²) in [6.07, 6.45) is 0. The summed E-state index contributed by atoms with van der Waals surface area (Å²) < 4.78 is 5.82. The topological polar surface area (TPSA) is 67.4 Å². The fourth-order valence-corrected chi connectivity index (χ4v) is 5.28. The maximum Gasteiger partial charge on any atom is 0.317 e. The number of carbonyl (C=O) groups is 2. The summed E-state index contributed by atoms with van der Waals surface area (Å²) in [7, 11) is 0. The van der Waals surface area contributed by atoms with Gasteiger partial charge in [0.25, 0.3) is 0 Å².